The first-order valence-corrected chi connectivity index (χ1v) is 8.42. The molecule has 4 nitrogen and oxygen atoms in total. The van der Waals surface area contributed by atoms with Gasteiger partial charge in [0.05, 0.1) is 11.7 Å². The van der Waals surface area contributed by atoms with Gasteiger partial charge in [0.25, 0.3) is 5.91 Å². The van der Waals surface area contributed by atoms with Crippen molar-refractivity contribution in [3.05, 3.63) is 59.7 Å². The Kier molecular flexibility index (Phi) is 4.22. The summed E-state index contributed by atoms with van der Waals surface area (Å²) in [5.41, 5.74) is 1.97. The number of hydrogen-bond acceptors (Lipinski definition) is 3. The predicted octanol–water partition coefficient (Wildman–Crippen LogP) is 4.23. The number of rotatable bonds is 4. The van der Waals surface area contributed by atoms with Crippen molar-refractivity contribution in [1.29, 1.82) is 0 Å². The third-order valence-electron chi connectivity index (χ3n) is 4.40. The van der Waals surface area contributed by atoms with Crippen LogP contribution in [0.1, 0.15) is 43.6 Å². The Balaban J connectivity index is 2.07. The van der Waals surface area contributed by atoms with E-state index in [1.165, 1.54) is 0 Å². The lowest BCUT2D eigenvalue weighted by Crippen LogP contribution is -2.55. The van der Waals surface area contributed by atoms with Gasteiger partial charge in [-0.15, -0.1) is 0 Å². The molecule has 0 spiro atoms. The van der Waals surface area contributed by atoms with Gasteiger partial charge in [-0.1, -0.05) is 24.3 Å². The second kappa shape index (κ2) is 6.19. The molecule has 4 heteroatoms. The Labute approximate surface area is 143 Å². The van der Waals surface area contributed by atoms with Crippen LogP contribution in [-0.4, -0.2) is 23.5 Å². The van der Waals surface area contributed by atoms with Crippen LogP contribution in [0.2, 0.25) is 0 Å². The zero-order chi connectivity index (χ0) is 17.3. The number of fused-ring (bicyclic) bond motifs is 1. The standard InChI is InChI=1S/C20H24N2O2/c1-5-22-19(23)17-11-6-7-12-18(17)21-20(22,4)15-9-8-10-16(13-15)24-14(2)3/h6-14,21H,5H2,1-4H3. The van der Waals surface area contributed by atoms with Crippen molar-refractivity contribution in [3.8, 4) is 5.75 Å². The van der Waals surface area contributed by atoms with E-state index in [1.807, 2.05) is 81.1 Å². The van der Waals surface area contributed by atoms with Gasteiger partial charge in [0.15, 0.2) is 0 Å². The molecule has 126 valence electrons. The molecule has 0 aliphatic carbocycles. The highest BCUT2D eigenvalue weighted by Crippen LogP contribution is 2.38. The summed E-state index contributed by atoms with van der Waals surface area (Å²) in [6, 6.07) is 15.6. The smallest absolute Gasteiger partial charge is 0.258 e. The topological polar surface area (TPSA) is 41.6 Å². The van der Waals surface area contributed by atoms with E-state index in [4.69, 9.17) is 4.74 Å². The highest BCUT2D eigenvalue weighted by atomic mass is 16.5. The van der Waals surface area contributed by atoms with Gasteiger partial charge in [0, 0.05) is 17.8 Å². The molecular formula is C20H24N2O2. The molecule has 1 atom stereocenters. The first-order valence-electron chi connectivity index (χ1n) is 8.42. The van der Waals surface area contributed by atoms with Crippen molar-refractivity contribution < 1.29 is 9.53 Å². The third-order valence-corrected chi connectivity index (χ3v) is 4.40. The lowest BCUT2D eigenvalue weighted by molar-refractivity contribution is 0.0552. The summed E-state index contributed by atoms with van der Waals surface area (Å²) >= 11 is 0. The molecule has 0 fully saturated rings. The maximum atomic E-state index is 13.0. The monoisotopic (exact) mass is 324 g/mol. The third kappa shape index (κ3) is 2.73. The Morgan fingerprint density at radius 1 is 1.17 bits per heavy atom. The molecule has 0 aromatic heterocycles. The highest BCUT2D eigenvalue weighted by molar-refractivity contribution is 6.02. The van der Waals surface area contributed by atoms with E-state index in [9.17, 15) is 4.79 Å². The molecule has 1 aliphatic rings. The maximum Gasteiger partial charge on any atom is 0.258 e. The van der Waals surface area contributed by atoms with Crippen molar-refractivity contribution in [3.63, 3.8) is 0 Å². The van der Waals surface area contributed by atoms with Crippen LogP contribution in [-0.2, 0) is 5.66 Å². The fourth-order valence-corrected chi connectivity index (χ4v) is 3.29. The summed E-state index contributed by atoms with van der Waals surface area (Å²) in [4.78, 5) is 14.8. The molecular weight excluding hydrogens is 300 g/mol. The summed E-state index contributed by atoms with van der Waals surface area (Å²) in [5, 5.41) is 3.55. The number of amides is 1. The summed E-state index contributed by atoms with van der Waals surface area (Å²) in [6.45, 7) is 8.67. The predicted molar refractivity (Wildman–Crippen MR) is 96.3 cm³/mol. The van der Waals surface area contributed by atoms with Gasteiger partial charge in [0.2, 0.25) is 0 Å². The number of carbonyl (C=O) groups is 1. The second-order valence-corrected chi connectivity index (χ2v) is 6.49. The number of carbonyl (C=O) groups excluding carboxylic acids is 1. The molecule has 1 heterocycles. The lowest BCUT2D eigenvalue weighted by atomic mass is 9.93. The summed E-state index contributed by atoms with van der Waals surface area (Å²) < 4.78 is 5.82. The van der Waals surface area contributed by atoms with Gasteiger partial charge in [-0.3, -0.25) is 4.79 Å². The van der Waals surface area contributed by atoms with Crippen molar-refractivity contribution >= 4 is 11.6 Å². The van der Waals surface area contributed by atoms with Gasteiger partial charge < -0.3 is 15.0 Å². The molecule has 1 unspecified atom stereocenters. The average molecular weight is 324 g/mol. The van der Waals surface area contributed by atoms with E-state index >= 15 is 0 Å². The van der Waals surface area contributed by atoms with Crippen molar-refractivity contribution in [2.24, 2.45) is 0 Å². The molecule has 0 bridgehead atoms. The first-order chi connectivity index (χ1) is 11.5. The number of nitrogens with zero attached hydrogens (tertiary/aromatic N) is 1. The number of para-hydroxylation sites is 1. The van der Waals surface area contributed by atoms with E-state index in [-0.39, 0.29) is 12.0 Å². The Bertz CT molecular complexity index is 757. The molecule has 2 aromatic rings. The number of benzene rings is 2. The molecule has 0 radical (unpaired) electrons. The van der Waals surface area contributed by atoms with Crippen LogP contribution in [0.3, 0.4) is 0 Å². The molecule has 1 aliphatic heterocycles. The average Bonchev–Trinajstić information content (AvgIpc) is 2.55. The number of nitrogens with one attached hydrogen (secondary N) is 1. The number of ether oxygens (including phenoxy) is 1. The summed E-state index contributed by atoms with van der Waals surface area (Å²) in [6.07, 6.45) is 0.108. The largest absolute Gasteiger partial charge is 0.491 e. The maximum absolute atomic E-state index is 13.0. The molecule has 0 saturated heterocycles. The van der Waals surface area contributed by atoms with Gasteiger partial charge in [-0.05, 0) is 52.0 Å². The van der Waals surface area contributed by atoms with E-state index in [2.05, 4.69) is 5.32 Å². The van der Waals surface area contributed by atoms with Crippen LogP contribution >= 0.6 is 0 Å². The summed E-state index contributed by atoms with van der Waals surface area (Å²) in [5.74, 6) is 0.859. The van der Waals surface area contributed by atoms with Crippen LogP contribution < -0.4 is 10.1 Å². The van der Waals surface area contributed by atoms with Crippen LogP contribution in [0.15, 0.2) is 48.5 Å². The molecule has 1 N–H and O–H groups in total. The van der Waals surface area contributed by atoms with Crippen molar-refractivity contribution in [2.45, 2.75) is 39.5 Å². The molecule has 24 heavy (non-hydrogen) atoms. The van der Waals surface area contributed by atoms with E-state index in [0.29, 0.717) is 12.1 Å². The number of anilines is 1. The molecule has 2 aromatic carbocycles. The minimum absolute atomic E-state index is 0.0459. The minimum atomic E-state index is -0.615. The lowest BCUT2D eigenvalue weighted by Gasteiger charge is -2.46. The van der Waals surface area contributed by atoms with E-state index in [0.717, 1.165) is 17.0 Å². The van der Waals surface area contributed by atoms with Crippen molar-refractivity contribution in [2.75, 3.05) is 11.9 Å². The molecule has 1 amide bonds. The van der Waals surface area contributed by atoms with Gasteiger partial charge in [0.1, 0.15) is 11.4 Å². The van der Waals surface area contributed by atoms with Crippen molar-refractivity contribution in [1.82, 2.24) is 4.90 Å². The fourth-order valence-electron chi connectivity index (χ4n) is 3.29. The molecule has 3 rings (SSSR count). The fraction of sp³-hybridized carbons (Fsp3) is 0.350. The normalized spacial score (nSPS) is 19.9. The zero-order valence-corrected chi connectivity index (χ0v) is 14.7. The zero-order valence-electron chi connectivity index (χ0n) is 14.7. The van der Waals surface area contributed by atoms with Crippen LogP contribution in [0.25, 0.3) is 0 Å². The highest BCUT2D eigenvalue weighted by Gasteiger charge is 2.41. The Hall–Kier alpha value is -2.49. The Morgan fingerprint density at radius 3 is 2.62 bits per heavy atom. The van der Waals surface area contributed by atoms with Gasteiger partial charge in [-0.25, -0.2) is 0 Å². The van der Waals surface area contributed by atoms with Crippen LogP contribution in [0.5, 0.6) is 5.75 Å². The van der Waals surface area contributed by atoms with E-state index in [1.54, 1.807) is 0 Å². The van der Waals surface area contributed by atoms with Crippen LogP contribution in [0.4, 0.5) is 5.69 Å². The van der Waals surface area contributed by atoms with Gasteiger partial charge >= 0.3 is 0 Å². The van der Waals surface area contributed by atoms with E-state index < -0.39 is 5.66 Å². The second-order valence-electron chi connectivity index (χ2n) is 6.49. The first kappa shape index (κ1) is 16.4. The van der Waals surface area contributed by atoms with Crippen LogP contribution in [0, 0.1) is 0 Å². The summed E-state index contributed by atoms with van der Waals surface area (Å²) in [7, 11) is 0. The number of hydrogen-bond donors (Lipinski definition) is 1. The molecule has 0 saturated carbocycles. The SMILES string of the molecule is CCN1C(=O)c2ccccc2NC1(C)c1cccc(OC(C)C)c1. The quantitative estimate of drug-likeness (QED) is 0.915. The minimum Gasteiger partial charge on any atom is -0.491 e. The Morgan fingerprint density at radius 2 is 1.92 bits per heavy atom. The van der Waals surface area contributed by atoms with Gasteiger partial charge in [-0.2, -0.15) is 0 Å².